The number of aromatic carboxylic acids is 1. The van der Waals surface area contributed by atoms with Gasteiger partial charge in [-0.2, -0.15) is 0 Å². The number of hydrogen-bond acceptors (Lipinski definition) is 5. The maximum Gasteiger partial charge on any atom is 0.342 e. The number of carboxylic acids is 1. The largest absolute Gasteiger partial charge is 0.477 e. The molecule has 1 aromatic rings. The second-order valence-electron chi connectivity index (χ2n) is 4.35. The summed E-state index contributed by atoms with van der Waals surface area (Å²) < 4.78 is 0. The highest BCUT2D eigenvalue weighted by Gasteiger charge is 2.22. The molecule has 0 aliphatic carbocycles. The maximum absolute atomic E-state index is 11.3. The lowest BCUT2D eigenvalue weighted by molar-refractivity contribution is -0.385. The van der Waals surface area contributed by atoms with Crippen LogP contribution < -0.4 is 10.2 Å². The molecule has 0 bridgehead atoms. The van der Waals surface area contributed by atoms with E-state index in [0.717, 1.165) is 0 Å². The van der Waals surface area contributed by atoms with Gasteiger partial charge in [-0.1, -0.05) is 0 Å². The van der Waals surface area contributed by atoms with Crippen molar-refractivity contribution in [3.05, 3.63) is 33.9 Å². The third-order valence-corrected chi connectivity index (χ3v) is 3.09. The van der Waals surface area contributed by atoms with Gasteiger partial charge in [-0.25, -0.2) is 4.79 Å². The second-order valence-corrected chi connectivity index (χ2v) is 4.35. The number of nitro benzene ring substituents is 1. The van der Waals surface area contributed by atoms with E-state index < -0.39 is 16.6 Å². The minimum absolute atomic E-state index is 0.0622. The standard InChI is InChI=1S/C12H13N3O5/c16-11-3-5-14(6-4-13-11)8-1-2-10(15(19)20)9(7-8)12(17)18/h1-2,7H,3-6H2,(H,13,16)(H,17,18). The molecule has 1 fully saturated rings. The van der Waals surface area contributed by atoms with E-state index in [9.17, 15) is 19.7 Å². The zero-order valence-corrected chi connectivity index (χ0v) is 10.5. The molecule has 8 nitrogen and oxygen atoms in total. The number of nitrogens with one attached hydrogen (secondary N) is 1. The van der Waals surface area contributed by atoms with Crippen molar-refractivity contribution in [3.8, 4) is 0 Å². The van der Waals surface area contributed by atoms with Crippen molar-refractivity contribution in [1.29, 1.82) is 0 Å². The molecule has 1 saturated heterocycles. The minimum atomic E-state index is -1.34. The van der Waals surface area contributed by atoms with E-state index >= 15 is 0 Å². The molecule has 20 heavy (non-hydrogen) atoms. The molecule has 0 spiro atoms. The van der Waals surface area contributed by atoms with Crippen LogP contribution in [0.5, 0.6) is 0 Å². The number of rotatable bonds is 3. The average molecular weight is 279 g/mol. The van der Waals surface area contributed by atoms with Crippen LogP contribution in [0.3, 0.4) is 0 Å². The molecule has 0 radical (unpaired) electrons. The molecular weight excluding hydrogens is 266 g/mol. The van der Waals surface area contributed by atoms with Gasteiger partial charge >= 0.3 is 5.97 Å². The highest BCUT2D eigenvalue weighted by molar-refractivity contribution is 5.93. The summed E-state index contributed by atoms with van der Waals surface area (Å²) in [4.78, 5) is 34.2. The number of nitrogens with zero attached hydrogens (tertiary/aromatic N) is 2. The molecule has 2 N–H and O–H groups in total. The van der Waals surface area contributed by atoms with Crippen LogP contribution in [0, 0.1) is 10.1 Å². The zero-order chi connectivity index (χ0) is 14.7. The summed E-state index contributed by atoms with van der Waals surface area (Å²) in [5.41, 5.74) is -0.231. The molecule has 0 saturated carbocycles. The Labute approximate surface area is 114 Å². The van der Waals surface area contributed by atoms with Gasteiger partial charge in [0.05, 0.1) is 4.92 Å². The van der Waals surface area contributed by atoms with E-state index in [1.807, 2.05) is 4.90 Å². The Morgan fingerprint density at radius 2 is 2.15 bits per heavy atom. The molecule has 8 heteroatoms. The minimum Gasteiger partial charge on any atom is -0.477 e. The van der Waals surface area contributed by atoms with Crippen LogP contribution >= 0.6 is 0 Å². The van der Waals surface area contributed by atoms with Gasteiger partial charge in [0.2, 0.25) is 5.91 Å². The Morgan fingerprint density at radius 3 is 2.80 bits per heavy atom. The van der Waals surface area contributed by atoms with E-state index in [2.05, 4.69) is 5.32 Å². The maximum atomic E-state index is 11.3. The summed E-state index contributed by atoms with van der Waals surface area (Å²) in [7, 11) is 0. The number of carbonyl (C=O) groups excluding carboxylic acids is 1. The molecule has 0 aromatic heterocycles. The monoisotopic (exact) mass is 279 g/mol. The van der Waals surface area contributed by atoms with Crippen LogP contribution in [-0.4, -0.2) is 41.5 Å². The lowest BCUT2D eigenvalue weighted by Crippen LogP contribution is -2.28. The third-order valence-electron chi connectivity index (χ3n) is 3.09. The number of carbonyl (C=O) groups is 2. The smallest absolute Gasteiger partial charge is 0.342 e. The Balaban J connectivity index is 2.33. The molecule has 0 atom stereocenters. The van der Waals surface area contributed by atoms with Gasteiger partial charge in [0, 0.05) is 37.8 Å². The SMILES string of the molecule is O=C1CCN(c2ccc([N+](=O)[O-])c(C(=O)O)c2)CCN1. The first-order valence-corrected chi connectivity index (χ1v) is 6.02. The van der Waals surface area contributed by atoms with E-state index in [-0.39, 0.29) is 11.5 Å². The van der Waals surface area contributed by atoms with Gasteiger partial charge in [-0.05, 0) is 12.1 Å². The summed E-state index contributed by atoms with van der Waals surface area (Å²) in [5.74, 6) is -1.41. The van der Waals surface area contributed by atoms with Crippen molar-refractivity contribution in [3.63, 3.8) is 0 Å². The molecule has 1 aliphatic rings. The van der Waals surface area contributed by atoms with Gasteiger partial charge in [0.15, 0.2) is 0 Å². The predicted octanol–water partition coefficient (Wildman–Crippen LogP) is 0.619. The third kappa shape index (κ3) is 2.85. The molecule has 0 unspecified atom stereocenters. The Hall–Kier alpha value is -2.64. The van der Waals surface area contributed by atoms with E-state index in [0.29, 0.717) is 31.7 Å². The van der Waals surface area contributed by atoms with Crippen molar-refractivity contribution in [1.82, 2.24) is 5.32 Å². The molecule has 1 amide bonds. The number of amides is 1. The Bertz CT molecular complexity index is 572. The van der Waals surface area contributed by atoms with Crippen LogP contribution in [0.1, 0.15) is 16.8 Å². The van der Waals surface area contributed by atoms with Gasteiger partial charge in [0.25, 0.3) is 5.69 Å². The van der Waals surface area contributed by atoms with E-state index in [1.165, 1.54) is 18.2 Å². The quantitative estimate of drug-likeness (QED) is 0.619. The highest BCUT2D eigenvalue weighted by Crippen LogP contribution is 2.25. The molecule has 1 aliphatic heterocycles. The molecule has 1 heterocycles. The van der Waals surface area contributed by atoms with Crippen molar-refractivity contribution in [2.24, 2.45) is 0 Å². The lowest BCUT2D eigenvalue weighted by atomic mass is 10.1. The number of carboxylic acid groups (broad SMARTS) is 1. The topological polar surface area (TPSA) is 113 Å². The van der Waals surface area contributed by atoms with Crippen LogP contribution in [0.2, 0.25) is 0 Å². The number of anilines is 1. The molecular formula is C12H13N3O5. The molecule has 2 rings (SSSR count). The van der Waals surface area contributed by atoms with Crippen molar-refractivity contribution in [2.75, 3.05) is 24.5 Å². The van der Waals surface area contributed by atoms with Gasteiger partial charge in [0.1, 0.15) is 5.56 Å². The Morgan fingerprint density at radius 1 is 1.40 bits per heavy atom. The summed E-state index contributed by atoms with van der Waals surface area (Å²) in [6.45, 7) is 1.43. The van der Waals surface area contributed by atoms with E-state index in [1.54, 1.807) is 0 Å². The number of nitro groups is 1. The number of hydrogen-bond donors (Lipinski definition) is 2. The van der Waals surface area contributed by atoms with Crippen LogP contribution in [0.4, 0.5) is 11.4 Å². The van der Waals surface area contributed by atoms with Crippen molar-refractivity contribution < 1.29 is 19.6 Å². The first kappa shape index (κ1) is 13.8. The highest BCUT2D eigenvalue weighted by atomic mass is 16.6. The van der Waals surface area contributed by atoms with Crippen LogP contribution in [0.25, 0.3) is 0 Å². The predicted molar refractivity (Wildman–Crippen MR) is 69.9 cm³/mol. The fourth-order valence-corrected chi connectivity index (χ4v) is 2.08. The fourth-order valence-electron chi connectivity index (χ4n) is 2.08. The summed E-state index contributed by atoms with van der Waals surface area (Å²) >= 11 is 0. The Kier molecular flexibility index (Phi) is 3.83. The van der Waals surface area contributed by atoms with Crippen LogP contribution in [-0.2, 0) is 4.79 Å². The lowest BCUT2D eigenvalue weighted by Gasteiger charge is -2.22. The molecule has 1 aromatic carbocycles. The fraction of sp³-hybridized carbons (Fsp3) is 0.333. The summed E-state index contributed by atoms with van der Waals surface area (Å²) in [6.07, 6.45) is 0.305. The first-order valence-electron chi connectivity index (χ1n) is 6.02. The molecule has 106 valence electrons. The normalized spacial score (nSPS) is 15.4. The van der Waals surface area contributed by atoms with Gasteiger partial charge < -0.3 is 15.3 Å². The zero-order valence-electron chi connectivity index (χ0n) is 10.5. The first-order chi connectivity index (χ1) is 9.49. The van der Waals surface area contributed by atoms with Gasteiger partial charge in [-0.15, -0.1) is 0 Å². The second kappa shape index (κ2) is 5.55. The van der Waals surface area contributed by atoms with Crippen LogP contribution in [0.15, 0.2) is 18.2 Å². The van der Waals surface area contributed by atoms with Gasteiger partial charge in [-0.3, -0.25) is 14.9 Å². The summed E-state index contributed by atoms with van der Waals surface area (Å²) in [5, 5.41) is 22.5. The summed E-state index contributed by atoms with van der Waals surface area (Å²) in [6, 6.07) is 3.95. The average Bonchev–Trinajstić information content (AvgIpc) is 2.62. The number of benzene rings is 1. The van der Waals surface area contributed by atoms with Crippen molar-refractivity contribution in [2.45, 2.75) is 6.42 Å². The van der Waals surface area contributed by atoms with E-state index in [4.69, 9.17) is 5.11 Å². The van der Waals surface area contributed by atoms with Crippen molar-refractivity contribution >= 4 is 23.3 Å².